The Morgan fingerprint density at radius 3 is 2.60 bits per heavy atom. The lowest BCUT2D eigenvalue weighted by Gasteiger charge is -2.48. The van der Waals surface area contributed by atoms with Crippen LogP contribution in [0.4, 0.5) is 22.9 Å². The van der Waals surface area contributed by atoms with Crippen molar-refractivity contribution in [2.24, 2.45) is 0 Å². The molecule has 2 aromatic carbocycles. The van der Waals surface area contributed by atoms with E-state index in [1.807, 2.05) is 62.7 Å². The molecule has 10 heteroatoms. The Kier molecular flexibility index (Phi) is 9.79. The fourth-order valence-electron chi connectivity index (χ4n) is 6.01. The molecule has 43 heavy (non-hydrogen) atoms. The van der Waals surface area contributed by atoms with Gasteiger partial charge in [-0.1, -0.05) is 39.8 Å². The van der Waals surface area contributed by atoms with Crippen LogP contribution in [0.1, 0.15) is 46.1 Å². The fourth-order valence-corrected chi connectivity index (χ4v) is 6.01. The predicted molar refractivity (Wildman–Crippen MR) is 175 cm³/mol. The summed E-state index contributed by atoms with van der Waals surface area (Å²) in [5.41, 5.74) is 11.8. The molecule has 228 valence electrons. The van der Waals surface area contributed by atoms with Gasteiger partial charge in [-0.15, -0.1) is 0 Å². The van der Waals surface area contributed by atoms with Gasteiger partial charge < -0.3 is 35.2 Å². The monoisotopic (exact) mass is 584 g/mol. The van der Waals surface area contributed by atoms with Gasteiger partial charge in [-0.05, 0) is 31.0 Å². The zero-order chi connectivity index (χ0) is 30.3. The van der Waals surface area contributed by atoms with Crippen LogP contribution in [-0.4, -0.2) is 77.0 Å². The zero-order valence-electron chi connectivity index (χ0n) is 25.7. The molecular formula is C33H44N8O2. The standard InChI is InChI=1S/C29H32N8O2.2C2H6/c30-15-20-2-1-19(13-24(20)31)25-17-36-8-7-32-29(36)28(34-25)33-21-3-4-26-27(14-21)39-18-23-16-35(9-10-37(23)26)22-5-11-38-12-6-22;2*1-2/h1-4,7-8,13-15,17,22-23,30H,5-6,9-12,16,18,31H2,(H,33,34);2*1-2H3/t23-;;/m1../s1. The summed E-state index contributed by atoms with van der Waals surface area (Å²) in [6.07, 6.45) is 9.10. The molecule has 2 saturated heterocycles. The zero-order valence-corrected chi connectivity index (χ0v) is 25.7. The number of piperazine rings is 1. The molecule has 2 aromatic heterocycles. The van der Waals surface area contributed by atoms with Gasteiger partial charge in [0.25, 0.3) is 0 Å². The highest BCUT2D eigenvalue weighted by atomic mass is 16.5. The highest BCUT2D eigenvalue weighted by molar-refractivity contribution is 5.87. The lowest BCUT2D eigenvalue weighted by atomic mass is 10.0. The molecule has 10 nitrogen and oxygen atoms in total. The van der Waals surface area contributed by atoms with Crippen LogP contribution in [-0.2, 0) is 4.74 Å². The smallest absolute Gasteiger partial charge is 0.180 e. The molecule has 0 aliphatic carbocycles. The Hall–Kier alpha value is -4.15. The Labute approximate surface area is 254 Å². The molecule has 0 saturated carbocycles. The Morgan fingerprint density at radius 1 is 1.02 bits per heavy atom. The number of nitrogens with one attached hydrogen (secondary N) is 2. The van der Waals surface area contributed by atoms with Crippen molar-refractivity contribution >= 4 is 34.7 Å². The average Bonchev–Trinajstić information content (AvgIpc) is 3.56. The van der Waals surface area contributed by atoms with E-state index in [2.05, 4.69) is 38.3 Å². The number of anilines is 4. The van der Waals surface area contributed by atoms with E-state index in [0.717, 1.165) is 79.7 Å². The molecular weight excluding hydrogens is 540 g/mol. The summed E-state index contributed by atoms with van der Waals surface area (Å²) in [5, 5.41) is 11.0. The van der Waals surface area contributed by atoms with Gasteiger partial charge >= 0.3 is 0 Å². The number of aromatic nitrogens is 3. The van der Waals surface area contributed by atoms with E-state index in [4.69, 9.17) is 25.6 Å². The fraction of sp³-hybridized carbons (Fsp3) is 0.424. The molecule has 5 heterocycles. The van der Waals surface area contributed by atoms with Crippen LogP contribution >= 0.6 is 0 Å². The van der Waals surface area contributed by atoms with Crippen molar-refractivity contribution in [2.45, 2.75) is 52.6 Å². The molecule has 2 fully saturated rings. The van der Waals surface area contributed by atoms with Crippen LogP contribution in [0.5, 0.6) is 5.75 Å². The third-order valence-electron chi connectivity index (χ3n) is 8.10. The molecule has 1 atom stereocenters. The van der Waals surface area contributed by atoms with Crippen molar-refractivity contribution in [3.05, 3.63) is 60.6 Å². The van der Waals surface area contributed by atoms with E-state index in [1.165, 1.54) is 6.21 Å². The number of hydrogen-bond acceptors (Lipinski definition) is 9. The minimum absolute atomic E-state index is 0.363. The van der Waals surface area contributed by atoms with Crippen LogP contribution in [0.25, 0.3) is 16.9 Å². The summed E-state index contributed by atoms with van der Waals surface area (Å²) in [6, 6.07) is 12.9. The molecule has 4 aromatic rings. The Balaban J connectivity index is 0.000000885. The third kappa shape index (κ3) is 6.30. The molecule has 4 N–H and O–H groups in total. The lowest BCUT2D eigenvalue weighted by molar-refractivity contribution is 0.0231. The second kappa shape index (κ2) is 13.9. The van der Waals surface area contributed by atoms with E-state index in [9.17, 15) is 0 Å². The van der Waals surface area contributed by atoms with Crippen molar-refractivity contribution in [3.8, 4) is 17.0 Å². The number of rotatable bonds is 5. The highest BCUT2D eigenvalue weighted by Crippen LogP contribution is 2.39. The number of nitrogens with zero attached hydrogens (tertiary/aromatic N) is 5. The molecule has 3 aliphatic rings. The molecule has 0 bridgehead atoms. The molecule has 0 unspecified atom stereocenters. The number of nitrogen functional groups attached to an aromatic ring is 1. The number of fused-ring (bicyclic) bond motifs is 4. The molecule has 0 amide bonds. The first-order valence-electron chi connectivity index (χ1n) is 15.5. The second-order valence-corrected chi connectivity index (χ2v) is 10.4. The van der Waals surface area contributed by atoms with Crippen LogP contribution in [0.15, 0.2) is 55.0 Å². The minimum atomic E-state index is 0.363. The highest BCUT2D eigenvalue weighted by Gasteiger charge is 2.35. The van der Waals surface area contributed by atoms with Crippen molar-refractivity contribution in [1.29, 1.82) is 5.41 Å². The molecule has 3 aliphatic heterocycles. The first-order valence-corrected chi connectivity index (χ1v) is 15.5. The normalized spacial score (nSPS) is 18.2. The van der Waals surface area contributed by atoms with Crippen molar-refractivity contribution in [3.63, 3.8) is 0 Å². The van der Waals surface area contributed by atoms with E-state index < -0.39 is 0 Å². The minimum Gasteiger partial charge on any atom is -0.489 e. The van der Waals surface area contributed by atoms with Gasteiger partial charge in [-0.25, -0.2) is 9.97 Å². The molecule has 0 radical (unpaired) electrons. The van der Waals surface area contributed by atoms with Crippen LogP contribution in [0.3, 0.4) is 0 Å². The maximum Gasteiger partial charge on any atom is 0.180 e. The topological polar surface area (TPSA) is 117 Å². The van der Waals surface area contributed by atoms with Crippen LogP contribution in [0, 0.1) is 5.41 Å². The molecule has 7 rings (SSSR count). The Bertz CT molecular complexity index is 1530. The SMILES string of the molecule is CC.CC.N=Cc1ccc(-c2cn3ccnc3c(Nc3ccc4c(c3)OC[C@H]3CN(C5CCOCC5)CCN43)n2)cc1N. The quantitative estimate of drug-likeness (QED) is 0.198. The maximum absolute atomic E-state index is 7.51. The van der Waals surface area contributed by atoms with Gasteiger partial charge in [0.1, 0.15) is 12.4 Å². The van der Waals surface area contributed by atoms with Gasteiger partial charge in [0, 0.05) is 92.3 Å². The van der Waals surface area contributed by atoms with Crippen molar-refractivity contribution in [2.75, 3.05) is 55.4 Å². The average molecular weight is 585 g/mol. The third-order valence-corrected chi connectivity index (χ3v) is 8.10. The summed E-state index contributed by atoms with van der Waals surface area (Å²) in [4.78, 5) is 14.5. The number of benzene rings is 2. The predicted octanol–water partition coefficient (Wildman–Crippen LogP) is 5.83. The summed E-state index contributed by atoms with van der Waals surface area (Å²) in [6.45, 7) is 13.5. The first kappa shape index (κ1) is 30.3. The van der Waals surface area contributed by atoms with Gasteiger partial charge in [0.05, 0.1) is 17.4 Å². The number of imidazole rings is 1. The van der Waals surface area contributed by atoms with Gasteiger partial charge in [-0.3, -0.25) is 4.90 Å². The summed E-state index contributed by atoms with van der Waals surface area (Å²) in [5.74, 6) is 1.53. The van der Waals surface area contributed by atoms with E-state index in [-0.39, 0.29) is 0 Å². The maximum atomic E-state index is 7.51. The summed E-state index contributed by atoms with van der Waals surface area (Å²) < 4.78 is 13.8. The van der Waals surface area contributed by atoms with E-state index >= 15 is 0 Å². The van der Waals surface area contributed by atoms with E-state index in [1.54, 1.807) is 6.20 Å². The van der Waals surface area contributed by atoms with E-state index in [0.29, 0.717) is 35.8 Å². The van der Waals surface area contributed by atoms with Crippen molar-refractivity contribution < 1.29 is 9.47 Å². The van der Waals surface area contributed by atoms with Crippen LogP contribution < -0.4 is 20.7 Å². The summed E-state index contributed by atoms with van der Waals surface area (Å²) >= 11 is 0. The first-order chi connectivity index (χ1) is 21.2. The van der Waals surface area contributed by atoms with Gasteiger partial charge in [-0.2, -0.15) is 0 Å². The number of nitrogens with two attached hydrogens (primary N) is 1. The largest absolute Gasteiger partial charge is 0.489 e. The number of ether oxygens (including phenoxy) is 2. The van der Waals surface area contributed by atoms with Crippen LogP contribution in [0.2, 0.25) is 0 Å². The Morgan fingerprint density at radius 2 is 1.84 bits per heavy atom. The summed E-state index contributed by atoms with van der Waals surface area (Å²) in [7, 11) is 0. The lowest BCUT2D eigenvalue weighted by Crippen LogP contribution is -2.59. The second-order valence-electron chi connectivity index (χ2n) is 10.4. The van der Waals surface area contributed by atoms with Crippen molar-refractivity contribution in [1.82, 2.24) is 19.3 Å². The molecule has 0 spiro atoms. The van der Waals surface area contributed by atoms with Gasteiger partial charge in [0.2, 0.25) is 0 Å². The number of hydrogen-bond donors (Lipinski definition) is 3. The van der Waals surface area contributed by atoms with Gasteiger partial charge in [0.15, 0.2) is 11.5 Å².